The first-order chi connectivity index (χ1) is 5.27. The van der Waals surface area contributed by atoms with Crippen molar-refractivity contribution in [3.05, 3.63) is 0 Å². The molecule has 0 amide bonds. The van der Waals surface area contributed by atoms with Gasteiger partial charge in [0.1, 0.15) is 0 Å². The van der Waals surface area contributed by atoms with Crippen LogP contribution in [0.2, 0.25) is 0 Å². The van der Waals surface area contributed by atoms with Crippen molar-refractivity contribution in [2.75, 3.05) is 19.8 Å². The molecule has 3 nitrogen and oxygen atoms in total. The van der Waals surface area contributed by atoms with E-state index >= 15 is 0 Å². The van der Waals surface area contributed by atoms with Crippen molar-refractivity contribution < 1.29 is 14.3 Å². The molecule has 66 valence electrons. The minimum atomic E-state index is -0.207. The van der Waals surface area contributed by atoms with Gasteiger partial charge in [-0.1, -0.05) is 0 Å². The standard InChI is InChI=1S/C8H16O3/c1-3-10-6-4-5-7-11-8(2)9/h3-7H2,1-2H3. The van der Waals surface area contributed by atoms with Crippen LogP contribution in [0.1, 0.15) is 26.7 Å². The Morgan fingerprint density at radius 2 is 1.91 bits per heavy atom. The van der Waals surface area contributed by atoms with Gasteiger partial charge >= 0.3 is 5.97 Å². The average Bonchev–Trinajstić information content (AvgIpc) is 1.96. The summed E-state index contributed by atoms with van der Waals surface area (Å²) in [7, 11) is 0. The molecule has 0 saturated carbocycles. The number of carbonyl (C=O) groups is 1. The Bertz CT molecular complexity index is 102. The minimum absolute atomic E-state index is 0.207. The predicted octanol–water partition coefficient (Wildman–Crippen LogP) is 1.37. The summed E-state index contributed by atoms with van der Waals surface area (Å²) in [6.07, 6.45) is 1.85. The van der Waals surface area contributed by atoms with Gasteiger partial charge in [-0.25, -0.2) is 0 Å². The summed E-state index contributed by atoms with van der Waals surface area (Å²) >= 11 is 0. The van der Waals surface area contributed by atoms with Crippen molar-refractivity contribution in [3.8, 4) is 0 Å². The molecule has 0 saturated heterocycles. The lowest BCUT2D eigenvalue weighted by Gasteiger charge is -2.01. The zero-order chi connectivity index (χ0) is 8.53. The van der Waals surface area contributed by atoms with Gasteiger partial charge < -0.3 is 9.47 Å². The fourth-order valence-electron chi connectivity index (χ4n) is 0.666. The molecular formula is C8H16O3. The number of carbonyl (C=O) groups excluding carboxylic acids is 1. The molecule has 0 aliphatic heterocycles. The van der Waals surface area contributed by atoms with Gasteiger partial charge in [0.25, 0.3) is 0 Å². The molecule has 0 heterocycles. The molecule has 0 N–H and O–H groups in total. The maximum Gasteiger partial charge on any atom is 0.302 e. The Morgan fingerprint density at radius 3 is 2.45 bits per heavy atom. The second kappa shape index (κ2) is 7.54. The van der Waals surface area contributed by atoms with Crippen LogP contribution in [0.15, 0.2) is 0 Å². The smallest absolute Gasteiger partial charge is 0.302 e. The zero-order valence-electron chi connectivity index (χ0n) is 7.26. The van der Waals surface area contributed by atoms with E-state index < -0.39 is 0 Å². The molecule has 0 unspecified atom stereocenters. The number of hydrogen-bond acceptors (Lipinski definition) is 3. The van der Waals surface area contributed by atoms with E-state index in [4.69, 9.17) is 9.47 Å². The van der Waals surface area contributed by atoms with Crippen LogP contribution in [0.5, 0.6) is 0 Å². The molecule has 0 rings (SSSR count). The third-order valence-corrected chi connectivity index (χ3v) is 1.19. The zero-order valence-corrected chi connectivity index (χ0v) is 7.26. The van der Waals surface area contributed by atoms with E-state index in [9.17, 15) is 4.79 Å². The molecule has 0 aromatic heterocycles. The Morgan fingerprint density at radius 1 is 1.27 bits per heavy atom. The molecule has 0 fully saturated rings. The molecule has 0 bridgehead atoms. The van der Waals surface area contributed by atoms with Crippen molar-refractivity contribution in [2.45, 2.75) is 26.7 Å². The minimum Gasteiger partial charge on any atom is -0.466 e. The van der Waals surface area contributed by atoms with Gasteiger partial charge in [-0.05, 0) is 19.8 Å². The quantitative estimate of drug-likeness (QED) is 0.435. The normalized spacial score (nSPS) is 9.64. The van der Waals surface area contributed by atoms with Crippen LogP contribution in [-0.2, 0) is 14.3 Å². The van der Waals surface area contributed by atoms with Crippen LogP contribution in [0, 0.1) is 0 Å². The van der Waals surface area contributed by atoms with Crippen molar-refractivity contribution >= 4 is 5.97 Å². The van der Waals surface area contributed by atoms with E-state index in [0.717, 1.165) is 26.1 Å². The summed E-state index contributed by atoms with van der Waals surface area (Å²) in [6.45, 7) is 5.42. The monoisotopic (exact) mass is 160 g/mol. The van der Waals surface area contributed by atoms with Gasteiger partial charge in [0.15, 0.2) is 0 Å². The van der Waals surface area contributed by atoms with Gasteiger partial charge in [0.05, 0.1) is 6.61 Å². The summed E-state index contributed by atoms with van der Waals surface area (Å²) in [6, 6.07) is 0. The SMILES string of the molecule is CCOCCCCOC(C)=O. The molecule has 0 aromatic rings. The van der Waals surface area contributed by atoms with Gasteiger partial charge in [0.2, 0.25) is 0 Å². The third kappa shape index (κ3) is 9.43. The van der Waals surface area contributed by atoms with Crippen molar-refractivity contribution in [1.82, 2.24) is 0 Å². The summed E-state index contributed by atoms with van der Waals surface area (Å²) in [5.74, 6) is -0.207. The maximum atomic E-state index is 10.3. The Labute approximate surface area is 67.7 Å². The number of rotatable bonds is 6. The summed E-state index contributed by atoms with van der Waals surface area (Å²) in [5.41, 5.74) is 0. The van der Waals surface area contributed by atoms with E-state index in [0.29, 0.717) is 6.61 Å². The van der Waals surface area contributed by atoms with Crippen LogP contribution in [0.3, 0.4) is 0 Å². The van der Waals surface area contributed by atoms with E-state index in [-0.39, 0.29) is 5.97 Å². The number of hydrogen-bond donors (Lipinski definition) is 0. The maximum absolute atomic E-state index is 10.3. The fourth-order valence-corrected chi connectivity index (χ4v) is 0.666. The first kappa shape index (κ1) is 10.4. The lowest BCUT2D eigenvalue weighted by Crippen LogP contribution is -2.02. The average molecular weight is 160 g/mol. The predicted molar refractivity (Wildman–Crippen MR) is 42.4 cm³/mol. The molecule has 0 aliphatic rings. The summed E-state index contributed by atoms with van der Waals surface area (Å²) in [5, 5.41) is 0. The van der Waals surface area contributed by atoms with Gasteiger partial charge in [0, 0.05) is 20.1 Å². The van der Waals surface area contributed by atoms with E-state index in [1.807, 2.05) is 6.92 Å². The lowest BCUT2D eigenvalue weighted by molar-refractivity contribution is -0.141. The molecule has 0 atom stereocenters. The highest BCUT2D eigenvalue weighted by Gasteiger charge is 1.91. The molecule has 0 aromatic carbocycles. The highest BCUT2D eigenvalue weighted by molar-refractivity contribution is 5.65. The summed E-state index contributed by atoms with van der Waals surface area (Å²) in [4.78, 5) is 10.3. The molecule has 3 heteroatoms. The topological polar surface area (TPSA) is 35.5 Å². The van der Waals surface area contributed by atoms with Crippen molar-refractivity contribution in [2.24, 2.45) is 0 Å². The molecule has 0 spiro atoms. The second-order valence-corrected chi connectivity index (χ2v) is 2.24. The van der Waals surface area contributed by atoms with Crippen LogP contribution in [0.4, 0.5) is 0 Å². The molecule has 0 radical (unpaired) electrons. The van der Waals surface area contributed by atoms with E-state index in [2.05, 4.69) is 0 Å². The van der Waals surface area contributed by atoms with Crippen LogP contribution >= 0.6 is 0 Å². The van der Waals surface area contributed by atoms with Crippen molar-refractivity contribution in [3.63, 3.8) is 0 Å². The number of esters is 1. The van der Waals surface area contributed by atoms with Crippen LogP contribution in [-0.4, -0.2) is 25.8 Å². The molecule has 11 heavy (non-hydrogen) atoms. The lowest BCUT2D eigenvalue weighted by atomic mass is 10.3. The Balaban J connectivity index is 2.85. The number of ether oxygens (including phenoxy) is 2. The van der Waals surface area contributed by atoms with Crippen molar-refractivity contribution in [1.29, 1.82) is 0 Å². The van der Waals surface area contributed by atoms with Crippen LogP contribution in [0.25, 0.3) is 0 Å². The molecular weight excluding hydrogens is 144 g/mol. The van der Waals surface area contributed by atoms with Gasteiger partial charge in [-0.3, -0.25) is 4.79 Å². The first-order valence-electron chi connectivity index (χ1n) is 3.98. The van der Waals surface area contributed by atoms with E-state index in [1.54, 1.807) is 0 Å². The van der Waals surface area contributed by atoms with Gasteiger partial charge in [-0.2, -0.15) is 0 Å². The first-order valence-corrected chi connectivity index (χ1v) is 3.98. The van der Waals surface area contributed by atoms with E-state index in [1.165, 1.54) is 6.92 Å². The largest absolute Gasteiger partial charge is 0.466 e. The Kier molecular flexibility index (Phi) is 7.15. The highest BCUT2D eigenvalue weighted by atomic mass is 16.5. The third-order valence-electron chi connectivity index (χ3n) is 1.19. The van der Waals surface area contributed by atoms with Crippen LogP contribution < -0.4 is 0 Å². The number of unbranched alkanes of at least 4 members (excludes halogenated alkanes) is 1. The van der Waals surface area contributed by atoms with Gasteiger partial charge in [-0.15, -0.1) is 0 Å². The molecule has 0 aliphatic carbocycles. The second-order valence-electron chi connectivity index (χ2n) is 2.24. The highest BCUT2D eigenvalue weighted by Crippen LogP contribution is 1.91. The Hall–Kier alpha value is -0.570. The fraction of sp³-hybridized carbons (Fsp3) is 0.875. The summed E-state index contributed by atoms with van der Waals surface area (Å²) < 4.78 is 9.83.